The van der Waals surface area contributed by atoms with Gasteiger partial charge >= 0.3 is 0 Å². The van der Waals surface area contributed by atoms with E-state index in [1.165, 1.54) is 62.6 Å². The number of rotatable bonds is 8. The molecule has 2 unspecified atom stereocenters. The maximum atomic E-state index is 4.11. The lowest BCUT2D eigenvalue weighted by Crippen LogP contribution is -2.46. The molecule has 0 saturated heterocycles. The zero-order valence-electron chi connectivity index (χ0n) is 18.8. The van der Waals surface area contributed by atoms with Gasteiger partial charge in [-0.05, 0) is 72.8 Å². The number of hydrogen-bond donors (Lipinski definition) is 1. The predicted molar refractivity (Wildman–Crippen MR) is 130 cm³/mol. The van der Waals surface area contributed by atoms with Crippen molar-refractivity contribution in [3.63, 3.8) is 0 Å². The summed E-state index contributed by atoms with van der Waals surface area (Å²) in [7, 11) is 0. The molecule has 30 heavy (non-hydrogen) atoms. The Bertz CT molecular complexity index is 880. The molecule has 158 valence electrons. The Balaban J connectivity index is 1.83. The first-order valence-corrected chi connectivity index (χ1v) is 12.1. The summed E-state index contributed by atoms with van der Waals surface area (Å²) >= 11 is 0. The normalized spacial score (nSPS) is 26.0. The molecule has 1 heteroatoms. The summed E-state index contributed by atoms with van der Waals surface area (Å²) in [5.41, 5.74) is 7.62. The monoisotopic (exact) mass is 399 g/mol. The smallest absolute Gasteiger partial charge is 0.0664 e. The van der Waals surface area contributed by atoms with E-state index >= 15 is 0 Å². The quantitative estimate of drug-likeness (QED) is 0.468. The van der Waals surface area contributed by atoms with E-state index in [4.69, 9.17) is 0 Å². The topological polar surface area (TPSA) is 12.0 Å². The first-order chi connectivity index (χ1) is 14.8. The number of unbranched alkanes of at least 4 members (excludes halogenated alkanes) is 1. The number of hydrogen-bond acceptors (Lipinski definition) is 1. The summed E-state index contributed by atoms with van der Waals surface area (Å²) in [4.78, 5) is 0. The number of fused-ring (bicyclic) bond motifs is 1. The van der Waals surface area contributed by atoms with E-state index in [2.05, 4.69) is 86.0 Å². The van der Waals surface area contributed by atoms with Gasteiger partial charge in [-0.15, -0.1) is 0 Å². The molecule has 1 aromatic carbocycles. The molecule has 2 atom stereocenters. The van der Waals surface area contributed by atoms with E-state index in [0.717, 1.165) is 6.42 Å². The maximum absolute atomic E-state index is 4.11. The van der Waals surface area contributed by atoms with Crippen molar-refractivity contribution in [3.05, 3.63) is 89.2 Å². The largest absolute Gasteiger partial charge is 0.375 e. The van der Waals surface area contributed by atoms with Crippen molar-refractivity contribution in [2.45, 2.75) is 77.2 Å². The Hall–Kier alpha value is -2.28. The van der Waals surface area contributed by atoms with Gasteiger partial charge in [0.25, 0.3) is 0 Å². The van der Waals surface area contributed by atoms with Gasteiger partial charge in [-0.1, -0.05) is 93.8 Å². The molecule has 4 rings (SSSR count). The van der Waals surface area contributed by atoms with Gasteiger partial charge in [0, 0.05) is 5.70 Å². The van der Waals surface area contributed by atoms with Gasteiger partial charge < -0.3 is 5.32 Å². The molecule has 1 fully saturated rings. The fraction of sp³-hybridized carbons (Fsp3) is 0.448. The van der Waals surface area contributed by atoms with Crippen molar-refractivity contribution in [1.29, 1.82) is 0 Å². The van der Waals surface area contributed by atoms with Gasteiger partial charge in [0.2, 0.25) is 0 Å². The number of nitrogens with one attached hydrogen (secondary N) is 1. The summed E-state index contributed by atoms with van der Waals surface area (Å²) in [6.07, 6.45) is 24.7. The second-order valence-electron chi connectivity index (χ2n) is 9.06. The molecule has 1 aromatic rings. The fourth-order valence-electron chi connectivity index (χ4n) is 5.75. The lowest BCUT2D eigenvalue weighted by molar-refractivity contribution is 0.369. The van der Waals surface area contributed by atoms with Crippen molar-refractivity contribution in [2.24, 2.45) is 5.92 Å². The highest BCUT2D eigenvalue weighted by Crippen LogP contribution is 2.56. The van der Waals surface area contributed by atoms with Crippen LogP contribution in [0.15, 0.2) is 83.6 Å². The van der Waals surface area contributed by atoms with Gasteiger partial charge in [-0.3, -0.25) is 0 Å². The Labute approximate surface area is 183 Å². The van der Waals surface area contributed by atoms with Crippen LogP contribution in [0.4, 0.5) is 0 Å². The van der Waals surface area contributed by atoms with Gasteiger partial charge in [0.05, 0.1) is 5.54 Å². The van der Waals surface area contributed by atoms with Crippen LogP contribution >= 0.6 is 0 Å². The van der Waals surface area contributed by atoms with Crippen LogP contribution in [0.5, 0.6) is 0 Å². The van der Waals surface area contributed by atoms with Gasteiger partial charge in [0.15, 0.2) is 0 Å². The van der Waals surface area contributed by atoms with Gasteiger partial charge in [0.1, 0.15) is 0 Å². The lowest BCUT2D eigenvalue weighted by Gasteiger charge is -2.36. The molecule has 0 heterocycles. The summed E-state index contributed by atoms with van der Waals surface area (Å²) < 4.78 is 0. The van der Waals surface area contributed by atoms with Crippen molar-refractivity contribution < 1.29 is 0 Å². The number of benzene rings is 1. The van der Waals surface area contributed by atoms with Crippen molar-refractivity contribution in [1.82, 2.24) is 5.32 Å². The van der Waals surface area contributed by atoms with E-state index in [1.807, 2.05) is 0 Å². The minimum absolute atomic E-state index is 0.0657. The Morgan fingerprint density at radius 2 is 2.00 bits per heavy atom. The Kier molecular flexibility index (Phi) is 6.77. The van der Waals surface area contributed by atoms with Crippen LogP contribution in [-0.4, -0.2) is 5.54 Å². The third kappa shape index (κ3) is 4.13. The minimum atomic E-state index is 0.0657. The first kappa shape index (κ1) is 21.0. The van der Waals surface area contributed by atoms with Crippen LogP contribution in [0.25, 0.3) is 5.57 Å². The molecule has 0 spiro atoms. The molecular weight excluding hydrogens is 362 g/mol. The van der Waals surface area contributed by atoms with Crippen LogP contribution in [0.3, 0.4) is 0 Å². The van der Waals surface area contributed by atoms with Crippen molar-refractivity contribution in [2.75, 3.05) is 0 Å². The van der Waals surface area contributed by atoms with Crippen LogP contribution < -0.4 is 5.32 Å². The van der Waals surface area contributed by atoms with E-state index in [1.54, 1.807) is 16.7 Å². The molecular formula is C29H37N. The second kappa shape index (κ2) is 9.69. The van der Waals surface area contributed by atoms with Crippen molar-refractivity contribution in [3.8, 4) is 0 Å². The molecule has 3 aliphatic carbocycles. The second-order valence-corrected chi connectivity index (χ2v) is 9.06. The first-order valence-electron chi connectivity index (χ1n) is 12.1. The SMILES string of the molecule is CCC/C=C(\CCC)C1=C(c2ccccc2)C2(NC3=CCC=CC=C3)CCCC2C1. The van der Waals surface area contributed by atoms with Gasteiger partial charge in [-0.2, -0.15) is 0 Å². The number of allylic oxidation sites excluding steroid dienone is 8. The predicted octanol–water partition coefficient (Wildman–Crippen LogP) is 7.90. The fourth-order valence-corrected chi connectivity index (χ4v) is 5.75. The molecule has 0 radical (unpaired) electrons. The molecule has 0 amide bonds. The highest BCUT2D eigenvalue weighted by atomic mass is 15.0. The average Bonchev–Trinajstić information content (AvgIpc) is 3.16. The highest BCUT2D eigenvalue weighted by Gasteiger charge is 2.52. The molecule has 1 N–H and O–H groups in total. The van der Waals surface area contributed by atoms with Gasteiger partial charge in [-0.25, -0.2) is 0 Å². The summed E-state index contributed by atoms with van der Waals surface area (Å²) in [5, 5.41) is 4.11. The molecule has 3 aliphatic rings. The van der Waals surface area contributed by atoms with Crippen LogP contribution in [0.1, 0.15) is 77.2 Å². The molecule has 0 bridgehead atoms. The van der Waals surface area contributed by atoms with E-state index < -0.39 is 0 Å². The molecule has 0 aromatic heterocycles. The third-order valence-electron chi connectivity index (χ3n) is 7.03. The third-order valence-corrected chi connectivity index (χ3v) is 7.03. The van der Waals surface area contributed by atoms with E-state index in [-0.39, 0.29) is 5.54 Å². The lowest BCUT2D eigenvalue weighted by atomic mass is 9.80. The molecule has 1 nitrogen and oxygen atoms in total. The summed E-state index contributed by atoms with van der Waals surface area (Å²) in [5.74, 6) is 0.690. The maximum Gasteiger partial charge on any atom is 0.0664 e. The minimum Gasteiger partial charge on any atom is -0.375 e. The van der Waals surface area contributed by atoms with E-state index in [0.29, 0.717) is 5.92 Å². The highest BCUT2D eigenvalue weighted by molar-refractivity contribution is 5.83. The van der Waals surface area contributed by atoms with Crippen LogP contribution in [-0.2, 0) is 0 Å². The standard InChI is InChI=1S/C29H37N/c1-3-5-15-23(14-4-2)27-22-25-18-13-21-29(25,28(27)24-16-9-8-10-17-24)30-26-19-11-6-7-12-20-26/h6-11,15-17,19-20,25,30H,3-5,12-14,18,21-22H2,1-2H3/b23-15+. The van der Waals surface area contributed by atoms with Crippen molar-refractivity contribution >= 4 is 5.57 Å². The van der Waals surface area contributed by atoms with Crippen LogP contribution in [0, 0.1) is 5.92 Å². The molecule has 1 saturated carbocycles. The zero-order chi connectivity index (χ0) is 20.8. The van der Waals surface area contributed by atoms with Crippen LogP contribution in [0.2, 0.25) is 0 Å². The summed E-state index contributed by atoms with van der Waals surface area (Å²) in [6, 6.07) is 11.2. The Morgan fingerprint density at radius 1 is 1.13 bits per heavy atom. The van der Waals surface area contributed by atoms with E-state index in [9.17, 15) is 0 Å². The summed E-state index contributed by atoms with van der Waals surface area (Å²) in [6.45, 7) is 4.61. The molecule has 0 aliphatic heterocycles. The Morgan fingerprint density at radius 3 is 2.80 bits per heavy atom. The zero-order valence-corrected chi connectivity index (χ0v) is 18.8. The average molecular weight is 400 g/mol.